The van der Waals surface area contributed by atoms with Gasteiger partial charge in [0.25, 0.3) is 0 Å². The molecule has 1 aliphatic rings. The van der Waals surface area contributed by atoms with E-state index in [-0.39, 0.29) is 24.4 Å². The molecule has 1 heterocycles. The summed E-state index contributed by atoms with van der Waals surface area (Å²) in [4.78, 5) is 30.1. The molecule has 0 spiro atoms. The smallest absolute Gasteiger partial charge is 0.322 e. The maximum atomic E-state index is 13.5. The first kappa shape index (κ1) is 24.7. The maximum Gasteiger partial charge on any atom is 0.322 e. The summed E-state index contributed by atoms with van der Waals surface area (Å²) in [5.74, 6) is -0.0542. The van der Waals surface area contributed by atoms with Gasteiger partial charge in [-0.15, -0.1) is 0 Å². The molecule has 1 atom stereocenters. The van der Waals surface area contributed by atoms with Crippen LogP contribution in [-0.2, 0) is 9.53 Å². The Bertz CT molecular complexity index is 1110. The van der Waals surface area contributed by atoms with Gasteiger partial charge >= 0.3 is 6.03 Å². The molecule has 35 heavy (non-hydrogen) atoms. The molecule has 3 amide bonds. The highest BCUT2D eigenvalue weighted by Gasteiger charge is 2.23. The highest BCUT2D eigenvalue weighted by Crippen LogP contribution is 2.26. The lowest BCUT2D eigenvalue weighted by molar-refractivity contribution is -0.121. The van der Waals surface area contributed by atoms with E-state index in [2.05, 4.69) is 15.5 Å². The molecule has 1 aliphatic heterocycles. The first-order chi connectivity index (χ1) is 17.1. The quantitative estimate of drug-likeness (QED) is 0.486. The Balaban J connectivity index is 1.40. The average Bonchev–Trinajstić information content (AvgIpc) is 2.90. The van der Waals surface area contributed by atoms with E-state index in [9.17, 15) is 9.59 Å². The molecule has 0 bridgehead atoms. The average molecular weight is 475 g/mol. The molecule has 3 aromatic rings. The van der Waals surface area contributed by atoms with Crippen LogP contribution in [0.4, 0.5) is 10.5 Å². The standard InChI is InChI=1S/C28H34N4O3/c1-22(23-8-3-2-4-9-23)32(16-14-27(33)29-15-17-31-18-20-35-21-19-31)28(34)30-26-13-7-11-24-10-5-6-12-25(24)26/h2-13,22H,14-21H2,1H3,(H,29,33)(H,30,34). The van der Waals surface area contributed by atoms with Crippen LogP contribution < -0.4 is 10.6 Å². The Kier molecular flexibility index (Phi) is 8.70. The summed E-state index contributed by atoms with van der Waals surface area (Å²) in [6, 6.07) is 23.3. The van der Waals surface area contributed by atoms with Crippen molar-refractivity contribution < 1.29 is 14.3 Å². The Morgan fingerprint density at radius 2 is 1.69 bits per heavy atom. The largest absolute Gasteiger partial charge is 0.379 e. The van der Waals surface area contributed by atoms with Gasteiger partial charge in [-0.3, -0.25) is 9.69 Å². The van der Waals surface area contributed by atoms with Crippen LogP contribution in [0.25, 0.3) is 10.8 Å². The number of urea groups is 1. The van der Waals surface area contributed by atoms with Crippen LogP contribution in [0, 0.1) is 0 Å². The summed E-state index contributed by atoms with van der Waals surface area (Å²) in [6.45, 7) is 6.98. The van der Waals surface area contributed by atoms with E-state index < -0.39 is 0 Å². The van der Waals surface area contributed by atoms with Gasteiger partial charge < -0.3 is 20.3 Å². The van der Waals surface area contributed by atoms with Gasteiger partial charge in [0.15, 0.2) is 0 Å². The number of morpholine rings is 1. The number of carbonyl (C=O) groups excluding carboxylic acids is 2. The normalized spacial score (nSPS) is 14.9. The zero-order valence-corrected chi connectivity index (χ0v) is 20.3. The highest BCUT2D eigenvalue weighted by molar-refractivity contribution is 6.01. The molecule has 0 radical (unpaired) electrons. The minimum Gasteiger partial charge on any atom is -0.379 e. The van der Waals surface area contributed by atoms with Crippen LogP contribution in [0.3, 0.4) is 0 Å². The van der Waals surface area contributed by atoms with E-state index in [0.29, 0.717) is 13.1 Å². The number of amides is 3. The van der Waals surface area contributed by atoms with Crippen molar-refractivity contribution in [3.8, 4) is 0 Å². The van der Waals surface area contributed by atoms with E-state index in [1.165, 1.54) is 0 Å². The number of ether oxygens (including phenoxy) is 1. The van der Waals surface area contributed by atoms with Crippen LogP contribution in [0.15, 0.2) is 72.8 Å². The van der Waals surface area contributed by atoms with Gasteiger partial charge in [0.2, 0.25) is 5.91 Å². The number of fused-ring (bicyclic) bond motifs is 1. The second-order valence-electron chi connectivity index (χ2n) is 8.79. The van der Waals surface area contributed by atoms with Gasteiger partial charge in [-0.1, -0.05) is 66.7 Å². The summed E-state index contributed by atoms with van der Waals surface area (Å²) in [5.41, 5.74) is 1.78. The van der Waals surface area contributed by atoms with Crippen molar-refractivity contribution in [3.63, 3.8) is 0 Å². The van der Waals surface area contributed by atoms with Gasteiger partial charge in [0, 0.05) is 44.5 Å². The number of nitrogens with zero attached hydrogens (tertiary/aromatic N) is 2. The first-order valence-corrected chi connectivity index (χ1v) is 12.3. The van der Waals surface area contributed by atoms with E-state index in [1.54, 1.807) is 4.90 Å². The highest BCUT2D eigenvalue weighted by atomic mass is 16.5. The Morgan fingerprint density at radius 3 is 2.49 bits per heavy atom. The lowest BCUT2D eigenvalue weighted by atomic mass is 10.1. The topological polar surface area (TPSA) is 73.9 Å². The Hall–Kier alpha value is -3.42. The van der Waals surface area contributed by atoms with Gasteiger partial charge in [0.05, 0.1) is 24.9 Å². The first-order valence-electron chi connectivity index (χ1n) is 12.3. The number of hydrogen-bond acceptors (Lipinski definition) is 4. The number of rotatable bonds is 9. The van der Waals surface area contributed by atoms with Crippen molar-refractivity contribution in [2.75, 3.05) is 51.3 Å². The summed E-state index contributed by atoms with van der Waals surface area (Å²) >= 11 is 0. The van der Waals surface area contributed by atoms with Crippen LogP contribution in [0.5, 0.6) is 0 Å². The molecular formula is C28H34N4O3. The zero-order chi connectivity index (χ0) is 24.5. The van der Waals surface area contributed by atoms with Crippen LogP contribution in [0.1, 0.15) is 24.9 Å². The van der Waals surface area contributed by atoms with Gasteiger partial charge in [-0.2, -0.15) is 0 Å². The van der Waals surface area contributed by atoms with Gasteiger partial charge in [-0.05, 0) is 23.9 Å². The van der Waals surface area contributed by atoms with Crippen LogP contribution in [0.2, 0.25) is 0 Å². The van der Waals surface area contributed by atoms with Crippen molar-refractivity contribution in [2.45, 2.75) is 19.4 Å². The molecule has 0 aromatic heterocycles. The predicted molar refractivity (Wildman–Crippen MR) is 139 cm³/mol. The van der Waals surface area contributed by atoms with Crippen LogP contribution in [-0.4, -0.2) is 67.7 Å². The molecule has 7 heteroatoms. The van der Waals surface area contributed by atoms with Gasteiger partial charge in [0.1, 0.15) is 0 Å². The fraction of sp³-hybridized carbons (Fsp3) is 0.357. The third kappa shape index (κ3) is 6.81. The summed E-state index contributed by atoms with van der Waals surface area (Å²) in [5, 5.41) is 8.12. The van der Waals surface area contributed by atoms with Gasteiger partial charge in [-0.25, -0.2) is 4.79 Å². The molecule has 7 nitrogen and oxygen atoms in total. The molecule has 0 aliphatic carbocycles. The molecule has 4 rings (SSSR count). The van der Waals surface area contributed by atoms with Crippen LogP contribution >= 0.6 is 0 Å². The third-order valence-corrected chi connectivity index (χ3v) is 6.48. The molecule has 184 valence electrons. The Labute approximate surface area is 207 Å². The third-order valence-electron chi connectivity index (χ3n) is 6.48. The van der Waals surface area contributed by atoms with Crippen molar-refractivity contribution in [1.29, 1.82) is 0 Å². The second kappa shape index (κ2) is 12.3. The molecule has 1 fully saturated rings. The predicted octanol–water partition coefficient (Wildman–Crippen LogP) is 4.27. The molecule has 2 N–H and O–H groups in total. The zero-order valence-electron chi connectivity index (χ0n) is 20.3. The number of nitrogens with one attached hydrogen (secondary N) is 2. The molecule has 1 unspecified atom stereocenters. The van der Waals surface area contributed by atoms with E-state index >= 15 is 0 Å². The molecule has 3 aromatic carbocycles. The maximum absolute atomic E-state index is 13.5. The fourth-order valence-electron chi connectivity index (χ4n) is 4.39. The van der Waals surface area contributed by atoms with E-state index in [1.807, 2.05) is 79.7 Å². The number of anilines is 1. The molecule has 0 saturated carbocycles. The van der Waals surface area contributed by atoms with Crippen molar-refractivity contribution in [2.24, 2.45) is 0 Å². The molecular weight excluding hydrogens is 440 g/mol. The van der Waals surface area contributed by atoms with Crippen molar-refractivity contribution >= 4 is 28.4 Å². The Morgan fingerprint density at radius 1 is 0.971 bits per heavy atom. The summed E-state index contributed by atoms with van der Waals surface area (Å²) in [6.07, 6.45) is 0.239. The van der Waals surface area contributed by atoms with E-state index in [4.69, 9.17) is 4.74 Å². The van der Waals surface area contributed by atoms with Crippen molar-refractivity contribution in [1.82, 2.24) is 15.1 Å². The summed E-state index contributed by atoms with van der Waals surface area (Å²) in [7, 11) is 0. The lowest BCUT2D eigenvalue weighted by Gasteiger charge is -2.30. The van der Waals surface area contributed by atoms with Crippen molar-refractivity contribution in [3.05, 3.63) is 78.4 Å². The number of hydrogen-bond donors (Lipinski definition) is 2. The fourth-order valence-corrected chi connectivity index (χ4v) is 4.39. The minimum absolute atomic E-state index is 0.0542. The number of carbonyl (C=O) groups is 2. The number of benzene rings is 3. The monoisotopic (exact) mass is 474 g/mol. The summed E-state index contributed by atoms with van der Waals surface area (Å²) < 4.78 is 5.37. The SMILES string of the molecule is CC(c1ccccc1)N(CCC(=O)NCCN1CCOCC1)C(=O)Nc1cccc2ccccc12. The van der Waals surface area contributed by atoms with E-state index in [0.717, 1.165) is 54.9 Å². The lowest BCUT2D eigenvalue weighted by Crippen LogP contribution is -2.42. The second-order valence-corrected chi connectivity index (χ2v) is 8.79. The molecule has 1 saturated heterocycles. The minimum atomic E-state index is -0.223.